The van der Waals surface area contributed by atoms with Gasteiger partial charge in [-0.15, -0.1) is 0 Å². The molecule has 0 unspecified atom stereocenters. The topological polar surface area (TPSA) is 71.8 Å². The second-order valence-corrected chi connectivity index (χ2v) is 5.35. The van der Waals surface area contributed by atoms with Crippen LogP contribution < -0.4 is 19.1 Å². The molecule has 0 aromatic heterocycles. The lowest BCUT2D eigenvalue weighted by Crippen LogP contribution is -2.23. The Bertz CT molecular complexity index is 815. The van der Waals surface area contributed by atoms with Crippen molar-refractivity contribution in [3.8, 4) is 23.3 Å². The maximum Gasteiger partial charge on any atom is 0.228 e. The molecule has 25 heavy (non-hydrogen) atoms. The zero-order valence-electron chi connectivity index (χ0n) is 14.9. The highest BCUT2D eigenvalue weighted by Gasteiger charge is 2.21. The van der Waals surface area contributed by atoms with Crippen LogP contribution >= 0.6 is 0 Å². The number of anilines is 2. The summed E-state index contributed by atoms with van der Waals surface area (Å²) in [5.74, 6) is 1.18. The average Bonchev–Trinajstić information content (AvgIpc) is 2.61. The number of amides is 1. The van der Waals surface area contributed by atoms with Crippen molar-refractivity contribution in [1.82, 2.24) is 0 Å². The maximum absolute atomic E-state index is 12.4. The predicted octanol–water partition coefficient (Wildman–Crippen LogP) is 3.58. The maximum atomic E-state index is 12.4. The van der Waals surface area contributed by atoms with Gasteiger partial charge >= 0.3 is 0 Å². The lowest BCUT2D eigenvalue weighted by molar-refractivity contribution is -0.115. The van der Waals surface area contributed by atoms with Crippen LogP contribution in [0.3, 0.4) is 0 Å². The number of ether oxygens (including phenoxy) is 3. The van der Waals surface area contributed by atoms with Crippen LogP contribution in [0.25, 0.3) is 0 Å². The molecule has 2 aromatic carbocycles. The second-order valence-electron chi connectivity index (χ2n) is 5.35. The van der Waals surface area contributed by atoms with E-state index in [0.29, 0.717) is 34.2 Å². The van der Waals surface area contributed by atoms with E-state index in [1.807, 2.05) is 6.92 Å². The normalized spacial score (nSPS) is 9.92. The average molecular weight is 340 g/mol. The summed E-state index contributed by atoms with van der Waals surface area (Å²) in [6.07, 6.45) is 0. The summed E-state index contributed by atoms with van der Waals surface area (Å²) in [6.45, 7) is 3.32. The van der Waals surface area contributed by atoms with Gasteiger partial charge in [-0.2, -0.15) is 5.26 Å². The number of methoxy groups -OCH3 is 3. The van der Waals surface area contributed by atoms with E-state index in [-0.39, 0.29) is 5.91 Å². The third-order valence-corrected chi connectivity index (χ3v) is 3.79. The highest BCUT2D eigenvalue weighted by Crippen LogP contribution is 2.43. The fourth-order valence-electron chi connectivity index (χ4n) is 2.66. The van der Waals surface area contributed by atoms with Crippen molar-refractivity contribution >= 4 is 17.3 Å². The first-order valence-electron chi connectivity index (χ1n) is 7.58. The van der Waals surface area contributed by atoms with Crippen molar-refractivity contribution in [3.63, 3.8) is 0 Å². The van der Waals surface area contributed by atoms with E-state index in [1.54, 1.807) is 35.2 Å². The summed E-state index contributed by atoms with van der Waals surface area (Å²) in [7, 11) is 4.56. The molecule has 0 fully saturated rings. The second kappa shape index (κ2) is 7.58. The molecule has 0 heterocycles. The van der Waals surface area contributed by atoms with Crippen LogP contribution in [-0.4, -0.2) is 27.2 Å². The fourth-order valence-corrected chi connectivity index (χ4v) is 2.66. The minimum atomic E-state index is -0.179. The molecule has 0 bridgehead atoms. The Morgan fingerprint density at radius 3 is 2.04 bits per heavy atom. The van der Waals surface area contributed by atoms with Crippen molar-refractivity contribution in [2.24, 2.45) is 0 Å². The number of nitrogens with zero attached hydrogens (tertiary/aromatic N) is 2. The van der Waals surface area contributed by atoms with Gasteiger partial charge in [0.1, 0.15) is 0 Å². The minimum Gasteiger partial charge on any atom is -0.493 e. The molecule has 0 aliphatic heterocycles. The van der Waals surface area contributed by atoms with Crippen molar-refractivity contribution in [2.75, 3.05) is 26.2 Å². The summed E-state index contributed by atoms with van der Waals surface area (Å²) < 4.78 is 16.1. The fraction of sp³-hybridized carbons (Fsp3) is 0.263. The van der Waals surface area contributed by atoms with Crippen LogP contribution in [0.2, 0.25) is 0 Å². The van der Waals surface area contributed by atoms with Gasteiger partial charge in [0.05, 0.1) is 44.3 Å². The number of hydrogen-bond acceptors (Lipinski definition) is 5. The summed E-state index contributed by atoms with van der Waals surface area (Å²) in [5, 5.41) is 9.03. The smallest absolute Gasteiger partial charge is 0.228 e. The number of aryl methyl sites for hydroxylation is 1. The first kappa shape index (κ1) is 18.1. The summed E-state index contributed by atoms with van der Waals surface area (Å²) >= 11 is 0. The van der Waals surface area contributed by atoms with E-state index in [0.717, 1.165) is 5.56 Å². The summed E-state index contributed by atoms with van der Waals surface area (Å²) in [4.78, 5) is 13.9. The Morgan fingerprint density at radius 2 is 1.64 bits per heavy atom. The van der Waals surface area contributed by atoms with Crippen LogP contribution in [0.15, 0.2) is 30.3 Å². The monoisotopic (exact) mass is 340 g/mol. The van der Waals surface area contributed by atoms with Gasteiger partial charge in [-0.3, -0.25) is 9.69 Å². The Morgan fingerprint density at radius 1 is 1.04 bits per heavy atom. The molecular weight excluding hydrogens is 320 g/mol. The molecule has 6 heteroatoms. The Hall–Kier alpha value is -3.20. The van der Waals surface area contributed by atoms with E-state index in [9.17, 15) is 4.79 Å². The molecule has 0 spiro atoms. The number of carbonyl (C=O) groups excluding carboxylic acids is 1. The molecule has 0 saturated heterocycles. The van der Waals surface area contributed by atoms with Gasteiger partial charge < -0.3 is 14.2 Å². The van der Waals surface area contributed by atoms with Gasteiger partial charge in [0.15, 0.2) is 11.5 Å². The molecule has 6 nitrogen and oxygen atoms in total. The highest BCUT2D eigenvalue weighted by atomic mass is 16.5. The molecule has 2 rings (SSSR count). The van der Waals surface area contributed by atoms with Crippen molar-refractivity contribution in [2.45, 2.75) is 13.8 Å². The Kier molecular flexibility index (Phi) is 5.50. The molecule has 0 atom stereocenters. The lowest BCUT2D eigenvalue weighted by Gasteiger charge is -2.25. The van der Waals surface area contributed by atoms with E-state index in [4.69, 9.17) is 19.5 Å². The number of benzene rings is 2. The summed E-state index contributed by atoms with van der Waals surface area (Å²) in [6, 6.07) is 10.7. The van der Waals surface area contributed by atoms with E-state index < -0.39 is 0 Å². The molecule has 0 saturated carbocycles. The molecule has 2 aromatic rings. The molecule has 0 aliphatic rings. The van der Waals surface area contributed by atoms with Gasteiger partial charge in [-0.1, -0.05) is 0 Å². The van der Waals surface area contributed by atoms with Gasteiger partial charge in [0.25, 0.3) is 0 Å². The van der Waals surface area contributed by atoms with Crippen LogP contribution in [0.4, 0.5) is 11.4 Å². The summed E-state index contributed by atoms with van der Waals surface area (Å²) in [5.41, 5.74) is 2.60. The van der Waals surface area contributed by atoms with Gasteiger partial charge in [0, 0.05) is 19.1 Å². The third kappa shape index (κ3) is 3.50. The van der Waals surface area contributed by atoms with Crippen LogP contribution in [0, 0.1) is 18.3 Å². The highest BCUT2D eigenvalue weighted by molar-refractivity contribution is 6.00. The van der Waals surface area contributed by atoms with Crippen molar-refractivity contribution in [3.05, 3.63) is 41.5 Å². The Balaban J connectivity index is 2.66. The van der Waals surface area contributed by atoms with E-state index in [2.05, 4.69) is 6.07 Å². The van der Waals surface area contributed by atoms with E-state index in [1.165, 1.54) is 28.3 Å². The van der Waals surface area contributed by atoms with Crippen LogP contribution in [0.1, 0.15) is 18.1 Å². The number of nitriles is 1. The van der Waals surface area contributed by atoms with Gasteiger partial charge in [0.2, 0.25) is 11.7 Å². The number of hydrogen-bond donors (Lipinski definition) is 0. The molecule has 0 radical (unpaired) electrons. The van der Waals surface area contributed by atoms with Gasteiger partial charge in [-0.05, 0) is 30.7 Å². The van der Waals surface area contributed by atoms with Gasteiger partial charge in [-0.25, -0.2) is 0 Å². The zero-order chi connectivity index (χ0) is 18.6. The Labute approximate surface area is 147 Å². The molecule has 0 N–H and O–H groups in total. The molecule has 0 aliphatic carbocycles. The van der Waals surface area contributed by atoms with Crippen LogP contribution in [-0.2, 0) is 4.79 Å². The molecular formula is C19H20N2O4. The minimum absolute atomic E-state index is 0.179. The number of carbonyl (C=O) groups is 1. The quantitative estimate of drug-likeness (QED) is 0.832. The number of rotatable bonds is 5. The SMILES string of the molecule is COc1cc(N(C(C)=O)c2ccc(C#N)cc2C)cc(OC)c1OC. The first-order valence-corrected chi connectivity index (χ1v) is 7.58. The largest absolute Gasteiger partial charge is 0.493 e. The lowest BCUT2D eigenvalue weighted by atomic mass is 10.1. The third-order valence-electron chi connectivity index (χ3n) is 3.79. The van der Waals surface area contributed by atoms with Crippen LogP contribution in [0.5, 0.6) is 17.2 Å². The first-order chi connectivity index (χ1) is 12.0. The standard InChI is InChI=1S/C19H20N2O4/c1-12-8-14(11-20)6-7-16(12)21(13(2)22)15-9-17(23-3)19(25-5)18(10-15)24-4/h6-10H,1-5H3. The molecule has 1 amide bonds. The molecule has 130 valence electrons. The van der Waals surface area contributed by atoms with E-state index >= 15 is 0 Å². The predicted molar refractivity (Wildman–Crippen MR) is 94.8 cm³/mol. The zero-order valence-corrected chi connectivity index (χ0v) is 14.9. The van der Waals surface area contributed by atoms with Crippen molar-refractivity contribution in [1.29, 1.82) is 5.26 Å². The van der Waals surface area contributed by atoms with Crippen molar-refractivity contribution < 1.29 is 19.0 Å².